The first-order chi connectivity index (χ1) is 21.2. The van der Waals surface area contributed by atoms with E-state index in [9.17, 15) is 0 Å². The molecule has 0 radical (unpaired) electrons. The molecule has 0 aliphatic carbocycles. The lowest BCUT2D eigenvalue weighted by atomic mass is 10.1. The van der Waals surface area contributed by atoms with Crippen molar-refractivity contribution in [2.45, 2.75) is 13.3 Å². The van der Waals surface area contributed by atoms with E-state index in [-0.39, 0.29) is 0 Å². The average Bonchev–Trinajstić information content (AvgIpc) is 3.41. The van der Waals surface area contributed by atoms with Gasteiger partial charge in [0.2, 0.25) is 0 Å². The minimum Gasteiger partial charge on any atom is -0.310 e. The molecule has 0 fully saturated rings. The molecule has 0 aliphatic heterocycles. The van der Waals surface area contributed by atoms with Crippen molar-refractivity contribution >= 4 is 33.1 Å². The number of para-hydroxylation sites is 2. The zero-order valence-corrected chi connectivity index (χ0v) is 24.3. The van der Waals surface area contributed by atoms with Crippen molar-refractivity contribution in [2.75, 3.05) is 0 Å². The Morgan fingerprint density at radius 3 is 1.74 bits per heavy atom. The standard InChI is InChI=1S/C40H33N3/c1-4-30(17-16-22-33(5-2)43-38-25-14-12-23-34(38)35-24-13-15-26-39(35)43)27-29(3)40-41-36(31-18-8-6-9-19-31)28-37(42-40)32-20-10-7-11-21-32/h4-16,18-28H,1,3,17H2,2H3/b22-16-,30-27+,33-5+. The largest absolute Gasteiger partial charge is 0.310 e. The number of nitrogens with zero attached hydrogens (tertiary/aromatic N) is 3. The van der Waals surface area contributed by atoms with E-state index in [0.717, 1.165) is 39.4 Å². The maximum atomic E-state index is 4.91. The van der Waals surface area contributed by atoms with E-state index in [1.165, 1.54) is 21.8 Å². The van der Waals surface area contributed by atoms with Gasteiger partial charge >= 0.3 is 0 Å². The van der Waals surface area contributed by atoms with Crippen LogP contribution >= 0.6 is 0 Å². The highest BCUT2D eigenvalue weighted by Gasteiger charge is 2.12. The Bertz CT molecular complexity index is 1910. The summed E-state index contributed by atoms with van der Waals surface area (Å²) in [6, 6.07) is 39.5. The SMILES string of the molecule is C=C/C(=C\C(=C)c1nc(-c2ccccc2)cc(-c2ccccc2)n1)C/C=C\C(=C/C)n1c2ccccc2c2ccccc21. The first-order valence-electron chi connectivity index (χ1n) is 14.5. The predicted octanol–water partition coefficient (Wildman–Crippen LogP) is 10.6. The molecule has 0 saturated heterocycles. The summed E-state index contributed by atoms with van der Waals surface area (Å²) in [5.74, 6) is 0.600. The van der Waals surface area contributed by atoms with Crippen LogP contribution in [0.4, 0.5) is 0 Å². The van der Waals surface area contributed by atoms with Gasteiger partial charge in [-0.25, -0.2) is 9.97 Å². The molecule has 2 heterocycles. The Labute approximate surface area is 253 Å². The summed E-state index contributed by atoms with van der Waals surface area (Å²) in [5, 5.41) is 2.50. The Morgan fingerprint density at radius 1 is 0.721 bits per heavy atom. The molecule has 3 nitrogen and oxygen atoms in total. The van der Waals surface area contributed by atoms with Crippen LogP contribution in [0.25, 0.3) is 55.6 Å². The molecule has 208 valence electrons. The minimum absolute atomic E-state index is 0.600. The highest BCUT2D eigenvalue weighted by Crippen LogP contribution is 2.32. The molecule has 0 spiro atoms. The second kappa shape index (κ2) is 12.5. The van der Waals surface area contributed by atoms with Crippen molar-refractivity contribution < 1.29 is 0 Å². The second-order valence-corrected chi connectivity index (χ2v) is 10.3. The third-order valence-corrected chi connectivity index (χ3v) is 7.55. The van der Waals surface area contributed by atoms with Crippen molar-refractivity contribution in [1.82, 2.24) is 14.5 Å². The quantitative estimate of drug-likeness (QED) is 0.166. The average molecular weight is 556 g/mol. The third-order valence-electron chi connectivity index (χ3n) is 7.55. The summed E-state index contributed by atoms with van der Waals surface area (Å²) in [6.07, 6.45) is 11.1. The summed E-state index contributed by atoms with van der Waals surface area (Å²) >= 11 is 0. The lowest BCUT2D eigenvalue weighted by Crippen LogP contribution is -1.98. The molecular formula is C40H33N3. The Kier molecular flexibility index (Phi) is 8.06. The highest BCUT2D eigenvalue weighted by atomic mass is 15.0. The number of allylic oxidation sites excluding steroid dienone is 8. The number of hydrogen-bond donors (Lipinski definition) is 0. The molecule has 4 aromatic carbocycles. The van der Waals surface area contributed by atoms with Crippen LogP contribution in [0.5, 0.6) is 0 Å². The number of fused-ring (bicyclic) bond motifs is 3. The van der Waals surface area contributed by atoms with Gasteiger partial charge in [-0.1, -0.05) is 128 Å². The fourth-order valence-corrected chi connectivity index (χ4v) is 5.41. The Balaban J connectivity index is 1.30. The Morgan fingerprint density at radius 2 is 1.23 bits per heavy atom. The van der Waals surface area contributed by atoms with Gasteiger partial charge in [0.25, 0.3) is 0 Å². The van der Waals surface area contributed by atoms with Crippen molar-refractivity contribution in [3.63, 3.8) is 0 Å². The molecule has 43 heavy (non-hydrogen) atoms. The fraction of sp³-hybridized carbons (Fsp3) is 0.0500. The molecule has 0 bridgehead atoms. The van der Waals surface area contributed by atoms with E-state index in [1.54, 1.807) is 0 Å². The lowest BCUT2D eigenvalue weighted by Gasteiger charge is -2.10. The van der Waals surface area contributed by atoms with Crippen LogP contribution in [0, 0.1) is 0 Å². The van der Waals surface area contributed by atoms with Gasteiger partial charge in [-0.15, -0.1) is 0 Å². The molecule has 0 atom stereocenters. The maximum absolute atomic E-state index is 4.91. The number of rotatable bonds is 9. The van der Waals surface area contributed by atoms with E-state index in [2.05, 4.69) is 116 Å². The van der Waals surface area contributed by atoms with Crippen LogP contribution in [-0.4, -0.2) is 14.5 Å². The van der Waals surface area contributed by atoms with Gasteiger partial charge in [0.1, 0.15) is 0 Å². The van der Waals surface area contributed by atoms with Crippen LogP contribution in [0.1, 0.15) is 19.2 Å². The first-order valence-corrected chi connectivity index (χ1v) is 14.5. The number of hydrogen-bond acceptors (Lipinski definition) is 2. The Hall–Kier alpha value is -5.54. The van der Waals surface area contributed by atoms with Crippen molar-refractivity contribution in [3.05, 3.63) is 170 Å². The van der Waals surface area contributed by atoms with Gasteiger partial charge in [-0.2, -0.15) is 0 Å². The van der Waals surface area contributed by atoms with E-state index in [4.69, 9.17) is 9.97 Å². The van der Waals surface area contributed by atoms with Gasteiger partial charge in [-0.3, -0.25) is 0 Å². The van der Waals surface area contributed by atoms with Crippen molar-refractivity contribution in [1.29, 1.82) is 0 Å². The number of aromatic nitrogens is 3. The molecule has 0 amide bonds. The molecule has 0 aliphatic rings. The monoisotopic (exact) mass is 555 g/mol. The molecule has 0 saturated carbocycles. The van der Waals surface area contributed by atoms with Gasteiger partial charge < -0.3 is 4.57 Å². The third kappa shape index (κ3) is 5.79. The van der Waals surface area contributed by atoms with Crippen LogP contribution in [-0.2, 0) is 0 Å². The number of benzene rings is 4. The van der Waals surface area contributed by atoms with Crippen LogP contribution < -0.4 is 0 Å². The molecule has 6 rings (SSSR count). The van der Waals surface area contributed by atoms with E-state index >= 15 is 0 Å². The van der Waals surface area contributed by atoms with E-state index in [1.807, 2.05) is 54.6 Å². The molecule has 0 unspecified atom stereocenters. The smallest absolute Gasteiger partial charge is 0.159 e. The van der Waals surface area contributed by atoms with Crippen LogP contribution in [0.2, 0.25) is 0 Å². The van der Waals surface area contributed by atoms with Crippen molar-refractivity contribution in [2.24, 2.45) is 0 Å². The molecule has 3 heteroatoms. The van der Waals surface area contributed by atoms with Gasteiger partial charge in [0.15, 0.2) is 5.82 Å². The summed E-state index contributed by atoms with van der Waals surface area (Å²) in [7, 11) is 0. The second-order valence-electron chi connectivity index (χ2n) is 10.3. The predicted molar refractivity (Wildman–Crippen MR) is 183 cm³/mol. The summed E-state index contributed by atoms with van der Waals surface area (Å²) < 4.78 is 2.32. The normalized spacial score (nSPS) is 12.3. The minimum atomic E-state index is 0.600. The molecular weight excluding hydrogens is 522 g/mol. The van der Waals surface area contributed by atoms with Crippen LogP contribution in [0.3, 0.4) is 0 Å². The van der Waals surface area contributed by atoms with Crippen molar-refractivity contribution in [3.8, 4) is 22.5 Å². The molecule has 6 aromatic rings. The summed E-state index contributed by atoms with van der Waals surface area (Å²) in [5.41, 5.74) is 9.09. The van der Waals surface area contributed by atoms with Gasteiger partial charge in [-0.05, 0) is 49.3 Å². The summed E-state index contributed by atoms with van der Waals surface area (Å²) in [6.45, 7) is 10.5. The lowest BCUT2D eigenvalue weighted by molar-refractivity contribution is 1.13. The zero-order chi connectivity index (χ0) is 29.6. The molecule has 2 aromatic heterocycles. The van der Waals surface area contributed by atoms with Gasteiger partial charge in [0.05, 0.1) is 22.4 Å². The fourth-order valence-electron chi connectivity index (χ4n) is 5.41. The maximum Gasteiger partial charge on any atom is 0.159 e. The van der Waals surface area contributed by atoms with Gasteiger partial charge in [0, 0.05) is 33.2 Å². The highest BCUT2D eigenvalue weighted by molar-refractivity contribution is 6.10. The zero-order valence-electron chi connectivity index (χ0n) is 24.3. The van der Waals surface area contributed by atoms with Crippen LogP contribution in [0.15, 0.2) is 164 Å². The van der Waals surface area contributed by atoms with E-state index < -0.39 is 0 Å². The first kappa shape index (κ1) is 27.6. The topological polar surface area (TPSA) is 30.7 Å². The molecule has 0 N–H and O–H groups in total. The van der Waals surface area contributed by atoms with E-state index in [0.29, 0.717) is 12.2 Å². The summed E-state index contributed by atoms with van der Waals surface area (Å²) in [4.78, 5) is 9.82.